The Morgan fingerprint density at radius 2 is 2.16 bits per heavy atom. The number of hydrogen-bond donors (Lipinski definition) is 2. The summed E-state index contributed by atoms with van der Waals surface area (Å²) < 4.78 is 2.90. The quantitative estimate of drug-likeness (QED) is 0.779. The maximum atomic E-state index is 4.57. The number of imidazole rings is 1. The minimum Gasteiger partial charge on any atom is -0.350 e. The summed E-state index contributed by atoms with van der Waals surface area (Å²) in [5, 5.41) is 4.39. The zero-order chi connectivity index (χ0) is 13.4. The molecule has 0 aliphatic rings. The predicted octanol–water partition coefficient (Wildman–Crippen LogP) is 3.05. The fourth-order valence-corrected chi connectivity index (χ4v) is 2.85. The Morgan fingerprint density at radius 1 is 1.37 bits per heavy atom. The molecule has 1 aromatic carbocycles. The number of halogens is 1. The van der Waals surface area contributed by atoms with E-state index in [1.165, 1.54) is 10.9 Å². The summed E-state index contributed by atoms with van der Waals surface area (Å²) in [4.78, 5) is 7.82. The standard InChI is InChI=1S/C14H15BrN4/c1-16-7-11-13(18-14(15)17-11)10-8-19(2)12-6-4-3-5-9(10)12/h3-6,8,16H,7H2,1-2H3,(H,17,18). The van der Waals surface area contributed by atoms with Crippen LogP contribution in [0.4, 0.5) is 0 Å². The van der Waals surface area contributed by atoms with Crippen LogP contribution >= 0.6 is 15.9 Å². The summed E-state index contributed by atoms with van der Waals surface area (Å²) in [6.07, 6.45) is 2.13. The second-order valence-electron chi connectivity index (χ2n) is 4.56. The second-order valence-corrected chi connectivity index (χ2v) is 5.31. The van der Waals surface area contributed by atoms with Crippen molar-refractivity contribution < 1.29 is 0 Å². The Balaban J connectivity index is 2.24. The molecule has 2 aromatic heterocycles. The van der Waals surface area contributed by atoms with Crippen molar-refractivity contribution >= 4 is 26.8 Å². The van der Waals surface area contributed by atoms with Gasteiger partial charge in [0.1, 0.15) is 0 Å². The molecular formula is C14H15BrN4. The van der Waals surface area contributed by atoms with Gasteiger partial charge in [-0.05, 0) is 29.0 Å². The van der Waals surface area contributed by atoms with Crippen molar-refractivity contribution in [1.29, 1.82) is 0 Å². The highest BCUT2D eigenvalue weighted by Gasteiger charge is 2.15. The molecule has 3 rings (SSSR count). The average Bonchev–Trinajstić information content (AvgIpc) is 2.92. The van der Waals surface area contributed by atoms with Gasteiger partial charge in [0.2, 0.25) is 0 Å². The predicted molar refractivity (Wildman–Crippen MR) is 81.0 cm³/mol. The molecule has 4 nitrogen and oxygen atoms in total. The van der Waals surface area contributed by atoms with Crippen LogP contribution in [-0.4, -0.2) is 21.6 Å². The number of aromatic amines is 1. The summed E-state index contributed by atoms with van der Waals surface area (Å²) in [6, 6.07) is 8.38. The maximum absolute atomic E-state index is 4.57. The number of nitrogens with zero attached hydrogens (tertiary/aromatic N) is 2. The summed E-state index contributed by atoms with van der Waals surface area (Å²) in [5.41, 5.74) is 4.46. The Bertz CT molecular complexity index is 726. The van der Waals surface area contributed by atoms with E-state index in [-0.39, 0.29) is 0 Å². The van der Waals surface area contributed by atoms with Gasteiger partial charge in [-0.15, -0.1) is 0 Å². The Kier molecular flexibility index (Phi) is 3.16. The van der Waals surface area contributed by atoms with E-state index >= 15 is 0 Å². The normalized spacial score (nSPS) is 11.3. The lowest BCUT2D eigenvalue weighted by molar-refractivity contribution is 0.797. The van der Waals surface area contributed by atoms with Crippen molar-refractivity contribution in [2.24, 2.45) is 7.05 Å². The van der Waals surface area contributed by atoms with Crippen LogP contribution in [0.25, 0.3) is 22.2 Å². The number of fused-ring (bicyclic) bond motifs is 1. The zero-order valence-electron chi connectivity index (χ0n) is 10.9. The van der Waals surface area contributed by atoms with Gasteiger partial charge in [-0.3, -0.25) is 0 Å². The average molecular weight is 319 g/mol. The van der Waals surface area contributed by atoms with E-state index in [0.29, 0.717) is 0 Å². The third-order valence-electron chi connectivity index (χ3n) is 3.26. The molecule has 2 N–H and O–H groups in total. The fraction of sp³-hybridized carbons (Fsp3) is 0.214. The minimum absolute atomic E-state index is 0.761. The molecule has 19 heavy (non-hydrogen) atoms. The SMILES string of the molecule is CNCc1[nH]c(Br)nc1-c1cn(C)c2ccccc12. The highest BCUT2D eigenvalue weighted by Crippen LogP contribution is 2.31. The van der Waals surface area contributed by atoms with Crippen molar-refractivity contribution in [1.82, 2.24) is 19.9 Å². The van der Waals surface area contributed by atoms with Crippen LogP contribution in [0, 0.1) is 0 Å². The minimum atomic E-state index is 0.761. The van der Waals surface area contributed by atoms with Crippen molar-refractivity contribution in [2.75, 3.05) is 7.05 Å². The van der Waals surface area contributed by atoms with Gasteiger partial charge >= 0.3 is 0 Å². The number of hydrogen-bond acceptors (Lipinski definition) is 2. The van der Waals surface area contributed by atoms with Crippen molar-refractivity contribution in [3.8, 4) is 11.3 Å². The molecule has 0 aliphatic carbocycles. The molecule has 98 valence electrons. The Labute approximate surface area is 120 Å². The summed E-state index contributed by atoms with van der Waals surface area (Å²) in [7, 11) is 3.99. The van der Waals surface area contributed by atoms with Gasteiger partial charge in [-0.25, -0.2) is 4.98 Å². The third-order valence-corrected chi connectivity index (χ3v) is 3.63. The largest absolute Gasteiger partial charge is 0.350 e. The number of para-hydroxylation sites is 1. The molecule has 0 fully saturated rings. The number of aromatic nitrogens is 3. The molecule has 0 radical (unpaired) electrons. The first-order valence-electron chi connectivity index (χ1n) is 6.14. The smallest absolute Gasteiger partial charge is 0.175 e. The van der Waals surface area contributed by atoms with Crippen LogP contribution < -0.4 is 5.32 Å². The highest BCUT2D eigenvalue weighted by atomic mass is 79.9. The van der Waals surface area contributed by atoms with E-state index in [1.807, 2.05) is 7.05 Å². The second kappa shape index (κ2) is 4.83. The van der Waals surface area contributed by atoms with Crippen LogP contribution in [0.5, 0.6) is 0 Å². The van der Waals surface area contributed by atoms with E-state index in [4.69, 9.17) is 0 Å². The molecule has 0 spiro atoms. The Hall–Kier alpha value is -1.59. The molecule has 0 atom stereocenters. The van der Waals surface area contributed by atoms with Gasteiger partial charge in [0.25, 0.3) is 0 Å². The molecule has 0 saturated carbocycles. The highest BCUT2D eigenvalue weighted by molar-refractivity contribution is 9.10. The number of aryl methyl sites for hydroxylation is 1. The van der Waals surface area contributed by atoms with Crippen LogP contribution in [0.2, 0.25) is 0 Å². The van der Waals surface area contributed by atoms with Gasteiger partial charge in [0, 0.05) is 36.3 Å². The Morgan fingerprint density at radius 3 is 2.95 bits per heavy atom. The first-order valence-corrected chi connectivity index (χ1v) is 6.93. The number of H-pyrrole nitrogens is 1. The summed E-state index contributed by atoms with van der Waals surface area (Å²) in [5.74, 6) is 0. The fourth-order valence-electron chi connectivity index (χ4n) is 2.44. The van der Waals surface area contributed by atoms with Crippen LogP contribution in [0.15, 0.2) is 35.2 Å². The topological polar surface area (TPSA) is 45.6 Å². The molecule has 5 heteroatoms. The molecule has 0 amide bonds. The third kappa shape index (κ3) is 2.09. The molecule has 0 saturated heterocycles. The van der Waals surface area contributed by atoms with E-state index in [2.05, 4.69) is 73.3 Å². The van der Waals surface area contributed by atoms with Crippen LogP contribution in [-0.2, 0) is 13.6 Å². The molecule has 3 aromatic rings. The molecular weight excluding hydrogens is 304 g/mol. The van der Waals surface area contributed by atoms with Crippen LogP contribution in [0.3, 0.4) is 0 Å². The zero-order valence-corrected chi connectivity index (χ0v) is 12.5. The number of benzene rings is 1. The van der Waals surface area contributed by atoms with Gasteiger partial charge < -0.3 is 14.9 Å². The van der Waals surface area contributed by atoms with Crippen molar-refractivity contribution in [3.63, 3.8) is 0 Å². The van der Waals surface area contributed by atoms with E-state index < -0.39 is 0 Å². The lowest BCUT2D eigenvalue weighted by atomic mass is 10.1. The number of nitrogens with one attached hydrogen (secondary N) is 2. The van der Waals surface area contributed by atoms with Crippen LogP contribution in [0.1, 0.15) is 5.69 Å². The van der Waals surface area contributed by atoms with Gasteiger partial charge in [-0.2, -0.15) is 0 Å². The summed E-state index contributed by atoms with van der Waals surface area (Å²) >= 11 is 3.42. The van der Waals surface area contributed by atoms with Gasteiger partial charge in [0.15, 0.2) is 4.73 Å². The first-order chi connectivity index (χ1) is 9.20. The lowest BCUT2D eigenvalue weighted by Gasteiger charge is -2.00. The monoisotopic (exact) mass is 318 g/mol. The van der Waals surface area contributed by atoms with Crippen molar-refractivity contribution in [3.05, 3.63) is 40.9 Å². The van der Waals surface area contributed by atoms with E-state index in [0.717, 1.165) is 28.2 Å². The molecule has 0 aliphatic heterocycles. The number of rotatable bonds is 3. The van der Waals surface area contributed by atoms with Gasteiger partial charge in [-0.1, -0.05) is 18.2 Å². The molecule has 0 bridgehead atoms. The van der Waals surface area contributed by atoms with E-state index in [9.17, 15) is 0 Å². The molecule has 2 heterocycles. The first kappa shape index (κ1) is 12.4. The molecule has 0 unspecified atom stereocenters. The van der Waals surface area contributed by atoms with E-state index in [1.54, 1.807) is 0 Å². The lowest BCUT2D eigenvalue weighted by Crippen LogP contribution is -2.06. The van der Waals surface area contributed by atoms with Crippen molar-refractivity contribution in [2.45, 2.75) is 6.54 Å². The summed E-state index contributed by atoms with van der Waals surface area (Å²) in [6.45, 7) is 0.761. The maximum Gasteiger partial charge on any atom is 0.175 e. The van der Waals surface area contributed by atoms with Gasteiger partial charge in [0.05, 0.1) is 11.4 Å².